The summed E-state index contributed by atoms with van der Waals surface area (Å²) < 4.78 is 11.1. The highest BCUT2D eigenvalue weighted by Gasteiger charge is 2.32. The zero-order valence-electron chi connectivity index (χ0n) is 15.7. The van der Waals surface area contributed by atoms with Crippen molar-refractivity contribution < 1.29 is 14.3 Å². The Balaban J connectivity index is 2.56. The van der Waals surface area contributed by atoms with Crippen molar-refractivity contribution in [3.8, 4) is 5.75 Å². The van der Waals surface area contributed by atoms with Crippen LogP contribution in [0.1, 0.15) is 39.5 Å². The summed E-state index contributed by atoms with van der Waals surface area (Å²) in [6.45, 7) is 5.49. The second kappa shape index (κ2) is 10.3. The van der Waals surface area contributed by atoms with Gasteiger partial charge in [0.15, 0.2) is 0 Å². The van der Waals surface area contributed by atoms with Crippen molar-refractivity contribution in [2.75, 3.05) is 39.7 Å². The molecule has 0 aromatic heterocycles. The van der Waals surface area contributed by atoms with Gasteiger partial charge in [-0.3, -0.25) is 4.79 Å². The van der Waals surface area contributed by atoms with Crippen molar-refractivity contribution in [3.05, 3.63) is 24.3 Å². The fourth-order valence-corrected chi connectivity index (χ4v) is 2.26. The van der Waals surface area contributed by atoms with Gasteiger partial charge in [-0.1, -0.05) is 26.2 Å². The molecule has 0 saturated heterocycles. The van der Waals surface area contributed by atoms with E-state index in [4.69, 9.17) is 9.47 Å². The van der Waals surface area contributed by atoms with Crippen LogP contribution in [0.2, 0.25) is 0 Å². The molecule has 0 aliphatic carbocycles. The maximum absolute atomic E-state index is 12.5. The van der Waals surface area contributed by atoms with Crippen molar-refractivity contribution in [1.29, 1.82) is 0 Å². The first-order valence-electron chi connectivity index (χ1n) is 8.65. The highest BCUT2D eigenvalue weighted by atomic mass is 16.5. The molecule has 0 fully saturated rings. The van der Waals surface area contributed by atoms with E-state index in [2.05, 4.69) is 17.1 Å². The first-order valence-corrected chi connectivity index (χ1v) is 8.65. The molecule has 0 aliphatic rings. The highest BCUT2D eigenvalue weighted by Crippen LogP contribution is 2.22. The Bertz CT molecular complexity index is 488. The summed E-state index contributed by atoms with van der Waals surface area (Å²) in [5, 5.41) is 2.93. The fraction of sp³-hybridized carbons (Fsp3) is 0.632. The summed E-state index contributed by atoms with van der Waals surface area (Å²) in [6, 6.07) is 7.44. The van der Waals surface area contributed by atoms with Gasteiger partial charge < -0.3 is 19.7 Å². The molecular formula is C19H32N2O3. The Labute approximate surface area is 146 Å². The largest absolute Gasteiger partial charge is 0.492 e. The predicted molar refractivity (Wildman–Crippen MR) is 98.7 cm³/mol. The number of nitrogens with zero attached hydrogens (tertiary/aromatic N) is 1. The number of carbonyl (C=O) groups excluding carboxylic acids is 1. The number of likely N-dealkylation sites (N-methyl/N-ethyl adjacent to an activating group) is 1. The Morgan fingerprint density at radius 2 is 1.88 bits per heavy atom. The molecule has 136 valence electrons. The Morgan fingerprint density at radius 1 is 1.21 bits per heavy atom. The van der Waals surface area contributed by atoms with Crippen LogP contribution in [0.25, 0.3) is 0 Å². The van der Waals surface area contributed by atoms with Crippen LogP contribution in [0.4, 0.5) is 5.69 Å². The molecule has 0 heterocycles. The van der Waals surface area contributed by atoms with Crippen LogP contribution < -0.4 is 10.1 Å². The van der Waals surface area contributed by atoms with Gasteiger partial charge in [-0.05, 0) is 51.7 Å². The van der Waals surface area contributed by atoms with Crippen LogP contribution in [0.3, 0.4) is 0 Å². The number of nitrogens with one attached hydrogen (secondary N) is 1. The lowest BCUT2D eigenvalue weighted by Crippen LogP contribution is -2.41. The van der Waals surface area contributed by atoms with Gasteiger partial charge >= 0.3 is 0 Å². The van der Waals surface area contributed by atoms with Crippen LogP contribution >= 0.6 is 0 Å². The minimum absolute atomic E-state index is 0.109. The Kier molecular flexibility index (Phi) is 8.79. The number of ether oxygens (including phenoxy) is 2. The molecule has 1 N–H and O–H groups in total. The van der Waals surface area contributed by atoms with E-state index in [0.717, 1.165) is 43.7 Å². The predicted octanol–water partition coefficient (Wildman–Crippen LogP) is 3.55. The van der Waals surface area contributed by atoms with E-state index in [1.807, 2.05) is 45.3 Å². The molecule has 1 atom stereocenters. The summed E-state index contributed by atoms with van der Waals surface area (Å²) in [5.41, 5.74) is -0.0468. The average Bonchev–Trinajstić information content (AvgIpc) is 2.56. The minimum Gasteiger partial charge on any atom is -0.492 e. The first kappa shape index (κ1) is 20.5. The van der Waals surface area contributed by atoms with Crippen molar-refractivity contribution in [2.45, 2.75) is 45.1 Å². The molecule has 1 aromatic rings. The number of amides is 1. The van der Waals surface area contributed by atoms with Gasteiger partial charge in [-0.2, -0.15) is 0 Å². The smallest absolute Gasteiger partial charge is 0.256 e. The number of hydrogen-bond acceptors (Lipinski definition) is 4. The van der Waals surface area contributed by atoms with Gasteiger partial charge in [0.2, 0.25) is 0 Å². The van der Waals surface area contributed by atoms with E-state index >= 15 is 0 Å². The lowest BCUT2D eigenvalue weighted by molar-refractivity contribution is -0.136. The molecule has 0 radical (unpaired) electrons. The van der Waals surface area contributed by atoms with Crippen molar-refractivity contribution >= 4 is 11.6 Å². The number of hydrogen-bond donors (Lipinski definition) is 1. The van der Waals surface area contributed by atoms with Crippen molar-refractivity contribution in [1.82, 2.24) is 4.90 Å². The number of unbranched alkanes of at least 4 members (excludes halogenated alkanes) is 2. The van der Waals surface area contributed by atoms with Crippen LogP contribution in [0, 0.1) is 0 Å². The van der Waals surface area contributed by atoms with E-state index < -0.39 is 5.60 Å². The first-order chi connectivity index (χ1) is 11.4. The van der Waals surface area contributed by atoms with Crippen LogP contribution in [-0.4, -0.2) is 50.8 Å². The Hall–Kier alpha value is -1.59. The van der Waals surface area contributed by atoms with Gasteiger partial charge in [0.1, 0.15) is 18.0 Å². The molecule has 5 nitrogen and oxygen atoms in total. The molecule has 5 heteroatoms. The van der Waals surface area contributed by atoms with Gasteiger partial charge in [0.25, 0.3) is 5.91 Å². The topological polar surface area (TPSA) is 50.8 Å². The molecule has 0 unspecified atom stereocenters. The molecule has 24 heavy (non-hydrogen) atoms. The van der Waals surface area contributed by atoms with Crippen LogP contribution in [0.15, 0.2) is 24.3 Å². The van der Waals surface area contributed by atoms with Gasteiger partial charge in [0, 0.05) is 19.3 Å². The molecule has 0 spiro atoms. The van der Waals surface area contributed by atoms with E-state index in [9.17, 15) is 4.79 Å². The van der Waals surface area contributed by atoms with E-state index in [-0.39, 0.29) is 5.91 Å². The third kappa shape index (κ3) is 6.89. The second-order valence-electron chi connectivity index (χ2n) is 6.52. The zero-order chi connectivity index (χ0) is 18.0. The number of methoxy groups -OCH3 is 1. The maximum atomic E-state index is 12.5. The summed E-state index contributed by atoms with van der Waals surface area (Å²) in [5.74, 6) is 0.690. The quantitative estimate of drug-likeness (QED) is 0.628. The van der Waals surface area contributed by atoms with Gasteiger partial charge in [0.05, 0.1) is 0 Å². The molecular weight excluding hydrogens is 304 g/mol. The molecule has 1 rings (SSSR count). The maximum Gasteiger partial charge on any atom is 0.256 e. The monoisotopic (exact) mass is 336 g/mol. The standard InChI is InChI=1S/C19H32N2O3/c1-6-7-8-13-19(2,23-5)18(22)20-16-9-11-17(12-10-16)24-15-14-21(3)4/h9-12H,6-8,13-15H2,1-5H3,(H,20,22)/t19-/m0/s1. The summed E-state index contributed by atoms with van der Waals surface area (Å²) in [4.78, 5) is 14.6. The number of rotatable bonds is 11. The van der Waals surface area contributed by atoms with E-state index in [1.165, 1.54) is 0 Å². The fourth-order valence-electron chi connectivity index (χ4n) is 2.26. The summed E-state index contributed by atoms with van der Waals surface area (Å²) >= 11 is 0. The molecule has 0 bridgehead atoms. The van der Waals surface area contributed by atoms with Crippen molar-refractivity contribution in [2.24, 2.45) is 0 Å². The molecule has 1 aromatic carbocycles. The number of carbonyl (C=O) groups is 1. The molecule has 0 saturated carbocycles. The number of benzene rings is 1. The third-order valence-electron chi connectivity index (χ3n) is 4.11. The third-order valence-corrected chi connectivity index (χ3v) is 4.11. The lowest BCUT2D eigenvalue weighted by atomic mass is 9.97. The van der Waals surface area contributed by atoms with Crippen molar-refractivity contribution in [3.63, 3.8) is 0 Å². The average molecular weight is 336 g/mol. The Morgan fingerprint density at radius 3 is 2.42 bits per heavy atom. The van der Waals surface area contributed by atoms with Crippen LogP contribution in [0.5, 0.6) is 5.75 Å². The normalized spacial score (nSPS) is 13.6. The number of anilines is 1. The zero-order valence-corrected chi connectivity index (χ0v) is 15.7. The van der Waals surface area contributed by atoms with Gasteiger partial charge in [-0.15, -0.1) is 0 Å². The highest BCUT2D eigenvalue weighted by molar-refractivity contribution is 5.97. The van der Waals surface area contributed by atoms with Gasteiger partial charge in [-0.25, -0.2) is 0 Å². The minimum atomic E-state index is -0.796. The summed E-state index contributed by atoms with van der Waals surface area (Å²) in [7, 11) is 5.61. The van der Waals surface area contributed by atoms with E-state index in [1.54, 1.807) is 7.11 Å². The molecule has 1 amide bonds. The SMILES string of the molecule is CCCCC[C@](C)(OC)C(=O)Nc1ccc(OCCN(C)C)cc1. The second-order valence-corrected chi connectivity index (χ2v) is 6.52. The van der Waals surface area contributed by atoms with Crippen LogP contribution in [-0.2, 0) is 9.53 Å². The molecule has 0 aliphatic heterocycles. The van der Waals surface area contributed by atoms with E-state index in [0.29, 0.717) is 6.61 Å². The summed E-state index contributed by atoms with van der Waals surface area (Å²) in [6.07, 6.45) is 3.92. The lowest BCUT2D eigenvalue weighted by Gasteiger charge is -2.27.